The van der Waals surface area contributed by atoms with E-state index in [0.717, 1.165) is 0 Å². The molecule has 0 saturated heterocycles. The van der Waals surface area contributed by atoms with Crippen LogP contribution in [-0.4, -0.2) is 29.4 Å². The van der Waals surface area contributed by atoms with Gasteiger partial charge in [-0.05, 0) is 23.6 Å². The minimum atomic E-state index is -3.81. The van der Waals surface area contributed by atoms with Crippen molar-refractivity contribution in [2.45, 2.75) is 0 Å². The van der Waals surface area contributed by atoms with Crippen LogP contribution in [0.15, 0.2) is 0 Å². The predicted molar refractivity (Wildman–Crippen MR) is 41.9 cm³/mol. The van der Waals surface area contributed by atoms with Gasteiger partial charge in [-0.1, -0.05) is 0 Å². The summed E-state index contributed by atoms with van der Waals surface area (Å²) in [6, 6.07) is 0. The Labute approximate surface area is 83.5 Å². The molecule has 11 heteroatoms. The van der Waals surface area contributed by atoms with Gasteiger partial charge in [0, 0.05) is 17.1 Å². The summed E-state index contributed by atoms with van der Waals surface area (Å²) >= 11 is 7.21. The molecule has 0 atom stereocenters. The fraction of sp³-hybridized carbons (Fsp3) is 0. The van der Waals surface area contributed by atoms with E-state index < -0.39 is 13.4 Å². The first kappa shape index (κ1) is 18.4. The third kappa shape index (κ3) is 426. The summed E-state index contributed by atoms with van der Waals surface area (Å²) in [7, 11) is 0. The van der Waals surface area contributed by atoms with E-state index in [9.17, 15) is 0 Å². The Bertz CT molecular complexity index is 131. The van der Waals surface area contributed by atoms with Crippen LogP contribution in [0.25, 0.3) is 0 Å². The second-order valence-corrected chi connectivity index (χ2v) is 6.02. The van der Waals surface area contributed by atoms with Crippen molar-refractivity contribution in [3.8, 4) is 0 Å². The molecule has 0 bridgehead atoms. The summed E-state index contributed by atoms with van der Waals surface area (Å²) in [4.78, 5) is 45.3. The van der Waals surface area contributed by atoms with Gasteiger partial charge in [0.25, 0.3) is 0 Å². The van der Waals surface area contributed by atoms with Crippen LogP contribution < -0.4 is 0 Å². The second-order valence-electron chi connectivity index (χ2n) is 1.03. The SMILES string of the molecule is OP(O)(O)=S.OP(O)(O)=S.[Mn]. The van der Waals surface area contributed by atoms with Gasteiger partial charge in [0.05, 0.1) is 0 Å². The summed E-state index contributed by atoms with van der Waals surface area (Å²) in [6.45, 7) is -7.61. The molecule has 0 aromatic rings. The largest absolute Gasteiger partial charge is 0.325 e. The zero-order chi connectivity index (χ0) is 9.00. The van der Waals surface area contributed by atoms with E-state index in [1.165, 1.54) is 0 Å². The molecule has 0 aromatic carbocycles. The zero-order valence-corrected chi connectivity index (χ0v) is 9.37. The molecule has 0 aromatic heterocycles. The van der Waals surface area contributed by atoms with Gasteiger partial charge >= 0.3 is 13.4 Å². The van der Waals surface area contributed by atoms with Crippen molar-refractivity contribution in [3.05, 3.63) is 0 Å². The molecule has 0 saturated carbocycles. The Morgan fingerprint density at radius 1 is 0.636 bits per heavy atom. The Balaban J connectivity index is -0.000000107. The van der Waals surface area contributed by atoms with E-state index in [2.05, 4.69) is 23.6 Å². The third-order valence-corrected chi connectivity index (χ3v) is 0. The van der Waals surface area contributed by atoms with Gasteiger partial charge in [0.15, 0.2) is 0 Å². The Morgan fingerprint density at radius 2 is 0.636 bits per heavy atom. The van der Waals surface area contributed by atoms with Crippen LogP contribution in [-0.2, 0) is 40.7 Å². The Morgan fingerprint density at radius 3 is 0.636 bits per heavy atom. The first-order valence-corrected chi connectivity index (χ1v) is 6.89. The number of hydrogen-bond donors (Lipinski definition) is 6. The summed E-state index contributed by atoms with van der Waals surface area (Å²) in [5.41, 5.74) is 0. The van der Waals surface area contributed by atoms with Crippen LogP contribution in [0.1, 0.15) is 0 Å². The summed E-state index contributed by atoms with van der Waals surface area (Å²) in [5, 5.41) is 0. The molecular weight excluding hydrogens is 277 g/mol. The van der Waals surface area contributed by atoms with E-state index >= 15 is 0 Å². The van der Waals surface area contributed by atoms with Crippen molar-refractivity contribution in [1.29, 1.82) is 0 Å². The Hall–Kier alpha value is 1.58. The van der Waals surface area contributed by atoms with Gasteiger partial charge < -0.3 is 29.4 Å². The summed E-state index contributed by atoms with van der Waals surface area (Å²) in [5.74, 6) is 0. The minimum Gasteiger partial charge on any atom is -0.325 e. The van der Waals surface area contributed by atoms with Crippen LogP contribution in [0.4, 0.5) is 0 Å². The molecule has 6 nitrogen and oxygen atoms in total. The maximum absolute atomic E-state index is 7.56. The number of hydrogen-bond acceptors (Lipinski definition) is 2. The van der Waals surface area contributed by atoms with Crippen LogP contribution in [0, 0.1) is 0 Å². The van der Waals surface area contributed by atoms with E-state index in [-0.39, 0.29) is 17.1 Å². The zero-order valence-electron chi connectivity index (χ0n) is 4.77. The van der Waals surface area contributed by atoms with E-state index in [1.54, 1.807) is 0 Å². The maximum Gasteiger partial charge on any atom is 0.319 e. The van der Waals surface area contributed by atoms with Crippen LogP contribution >= 0.6 is 13.4 Å². The first-order chi connectivity index (χ1) is 4.00. The van der Waals surface area contributed by atoms with Crippen molar-refractivity contribution < 1.29 is 46.4 Å². The van der Waals surface area contributed by atoms with E-state index in [4.69, 9.17) is 29.4 Å². The molecule has 1 radical (unpaired) electrons. The summed E-state index contributed by atoms with van der Waals surface area (Å²) in [6.07, 6.45) is 0. The standard InChI is InChI=1S/Mn.2H3O3PS/c;2*1-4(2,3)5/h;2*(H3,1,2,3,5). The topological polar surface area (TPSA) is 121 Å². The normalized spacial score (nSPS) is 10.7. The molecule has 0 amide bonds. The van der Waals surface area contributed by atoms with Crippen LogP contribution in [0.2, 0.25) is 0 Å². The fourth-order valence-corrected chi connectivity index (χ4v) is 0. The molecule has 6 N–H and O–H groups in total. The molecule has 71 valence electrons. The second kappa shape index (κ2) is 7.03. The van der Waals surface area contributed by atoms with Crippen molar-refractivity contribution in [1.82, 2.24) is 0 Å². The molecule has 11 heavy (non-hydrogen) atoms. The van der Waals surface area contributed by atoms with E-state index in [1.807, 2.05) is 0 Å². The molecule has 0 spiro atoms. The van der Waals surface area contributed by atoms with Gasteiger partial charge in [0.1, 0.15) is 0 Å². The smallest absolute Gasteiger partial charge is 0.319 e. The predicted octanol–water partition coefficient (Wildman–Crippen LogP) is -1.63. The molecule has 0 heterocycles. The van der Waals surface area contributed by atoms with Gasteiger partial charge in [0.2, 0.25) is 0 Å². The first-order valence-electron chi connectivity index (χ1n) is 1.57. The van der Waals surface area contributed by atoms with Crippen molar-refractivity contribution in [3.63, 3.8) is 0 Å². The quantitative estimate of drug-likeness (QED) is 0.231. The number of rotatable bonds is 0. The molecule has 0 unspecified atom stereocenters. The fourth-order valence-electron chi connectivity index (χ4n) is 0. The van der Waals surface area contributed by atoms with Gasteiger partial charge in [-0.15, -0.1) is 0 Å². The van der Waals surface area contributed by atoms with Crippen molar-refractivity contribution in [2.24, 2.45) is 0 Å². The van der Waals surface area contributed by atoms with Crippen LogP contribution in [0.3, 0.4) is 0 Å². The molecule has 0 rings (SSSR count). The molecular formula is H6MnO6P2S2. The van der Waals surface area contributed by atoms with Crippen LogP contribution in [0.5, 0.6) is 0 Å². The maximum atomic E-state index is 7.56. The van der Waals surface area contributed by atoms with Crippen molar-refractivity contribution >= 4 is 37.1 Å². The summed E-state index contributed by atoms with van der Waals surface area (Å²) < 4.78 is 0. The van der Waals surface area contributed by atoms with Gasteiger partial charge in [-0.2, -0.15) is 0 Å². The van der Waals surface area contributed by atoms with Gasteiger partial charge in [-0.3, -0.25) is 0 Å². The van der Waals surface area contributed by atoms with E-state index in [0.29, 0.717) is 0 Å². The molecule has 0 aliphatic heterocycles. The average molecular weight is 283 g/mol. The third-order valence-electron chi connectivity index (χ3n) is 0. The molecule has 0 fully saturated rings. The Kier molecular flexibility index (Phi) is 11.7. The van der Waals surface area contributed by atoms with Gasteiger partial charge in [-0.25, -0.2) is 0 Å². The minimum absolute atomic E-state index is 0. The van der Waals surface area contributed by atoms with Crippen molar-refractivity contribution in [2.75, 3.05) is 0 Å². The monoisotopic (exact) mass is 283 g/mol. The average Bonchev–Trinajstić information content (AvgIpc) is 1.12. The molecule has 0 aliphatic carbocycles. The molecule has 0 aliphatic rings.